The lowest BCUT2D eigenvalue weighted by Gasteiger charge is -2.00. The molecule has 3 N–H and O–H groups in total. The Morgan fingerprint density at radius 2 is 1.79 bits per heavy atom. The van der Waals surface area contributed by atoms with E-state index in [0.717, 1.165) is 0 Å². The summed E-state index contributed by atoms with van der Waals surface area (Å²) in [5.41, 5.74) is 4.86. The fraction of sp³-hybridized carbons (Fsp3) is 0. The lowest BCUT2D eigenvalue weighted by Crippen LogP contribution is -1.94. The number of nitrogens with one attached hydrogen (secondary N) is 1. The quantitative estimate of drug-likeness (QED) is 0.529. The number of nitrogens with two attached hydrogens (primary N) is 1. The number of nitrogen functional groups attached to an aromatic ring is 1. The lowest BCUT2D eigenvalue weighted by molar-refractivity contribution is 0.506. The minimum atomic E-state index is -1.47. The van der Waals surface area contributed by atoms with Crippen LogP contribution in [0.15, 0.2) is 0 Å². The van der Waals surface area contributed by atoms with Crippen molar-refractivity contribution in [3.05, 3.63) is 22.5 Å². The number of aromatic nitrogens is 2. The van der Waals surface area contributed by atoms with Crippen molar-refractivity contribution in [2.75, 3.05) is 5.73 Å². The highest BCUT2D eigenvalue weighted by Gasteiger charge is 2.22. The van der Waals surface area contributed by atoms with Crippen molar-refractivity contribution >= 4 is 28.3 Å². The highest BCUT2D eigenvalue weighted by atomic mass is 35.5. The Morgan fingerprint density at radius 3 is 2.43 bits per heavy atom. The second-order valence-corrected chi connectivity index (χ2v) is 2.99. The third kappa shape index (κ3) is 0.971. The van der Waals surface area contributed by atoms with E-state index in [1.165, 1.54) is 0 Å². The van der Waals surface area contributed by atoms with E-state index in [4.69, 9.17) is 17.3 Å². The molecule has 1 aromatic heterocycles. The summed E-state index contributed by atoms with van der Waals surface area (Å²) in [4.78, 5) is 0. The van der Waals surface area contributed by atoms with Crippen LogP contribution in [0.4, 0.5) is 19.0 Å². The molecule has 0 saturated heterocycles. The van der Waals surface area contributed by atoms with E-state index < -0.39 is 27.9 Å². The molecule has 74 valence electrons. The normalized spacial score (nSPS) is 11.1. The Labute approximate surface area is 80.7 Å². The summed E-state index contributed by atoms with van der Waals surface area (Å²) >= 11 is 5.19. The summed E-state index contributed by atoms with van der Waals surface area (Å²) in [6.07, 6.45) is 0. The topological polar surface area (TPSA) is 54.7 Å². The van der Waals surface area contributed by atoms with E-state index in [2.05, 4.69) is 10.2 Å². The van der Waals surface area contributed by atoms with Crippen molar-refractivity contribution in [3.63, 3.8) is 0 Å². The molecule has 0 unspecified atom stereocenters. The Hall–Kier alpha value is -1.43. The van der Waals surface area contributed by atoms with Gasteiger partial charge in [-0.25, -0.2) is 13.2 Å². The molecule has 0 aliphatic heterocycles. The van der Waals surface area contributed by atoms with Crippen LogP contribution in [0.25, 0.3) is 10.9 Å². The van der Waals surface area contributed by atoms with Gasteiger partial charge < -0.3 is 5.73 Å². The standard InChI is InChI=1S/C7H3ClF3N3/c8-2-4(10)3(9)1-6(5(2)11)13-14-7(1)12/h(H3,12,13,14). The third-order valence-electron chi connectivity index (χ3n) is 1.81. The Kier molecular flexibility index (Phi) is 1.81. The zero-order valence-corrected chi connectivity index (χ0v) is 7.29. The maximum Gasteiger partial charge on any atom is 0.181 e. The predicted molar refractivity (Wildman–Crippen MR) is 45.4 cm³/mol. The molecule has 0 bridgehead atoms. The van der Waals surface area contributed by atoms with Crippen molar-refractivity contribution in [2.24, 2.45) is 0 Å². The lowest BCUT2D eigenvalue weighted by atomic mass is 10.2. The molecule has 0 radical (unpaired) electrons. The maximum absolute atomic E-state index is 13.2. The number of nitrogens with zero attached hydrogens (tertiary/aromatic N) is 1. The molecule has 0 fully saturated rings. The van der Waals surface area contributed by atoms with Gasteiger partial charge in [0.15, 0.2) is 23.3 Å². The highest BCUT2D eigenvalue weighted by molar-refractivity contribution is 6.31. The molecular formula is C7H3ClF3N3. The number of aromatic amines is 1. The van der Waals surface area contributed by atoms with Crippen molar-refractivity contribution in [1.82, 2.24) is 10.2 Å². The third-order valence-corrected chi connectivity index (χ3v) is 2.14. The van der Waals surface area contributed by atoms with Gasteiger partial charge in [0, 0.05) is 0 Å². The minimum Gasteiger partial charge on any atom is -0.382 e. The number of fused-ring (bicyclic) bond motifs is 1. The maximum atomic E-state index is 13.2. The number of rotatable bonds is 0. The first-order valence-electron chi connectivity index (χ1n) is 3.49. The fourth-order valence-corrected chi connectivity index (χ4v) is 1.33. The van der Waals surface area contributed by atoms with Gasteiger partial charge in [-0.3, -0.25) is 5.10 Å². The van der Waals surface area contributed by atoms with E-state index in [9.17, 15) is 13.2 Å². The Balaban J connectivity index is 3.05. The summed E-state index contributed by atoms with van der Waals surface area (Å²) < 4.78 is 39.3. The van der Waals surface area contributed by atoms with Gasteiger partial charge in [-0.1, -0.05) is 11.6 Å². The number of hydrogen-bond acceptors (Lipinski definition) is 2. The largest absolute Gasteiger partial charge is 0.382 e. The zero-order valence-electron chi connectivity index (χ0n) is 6.54. The molecule has 7 heteroatoms. The zero-order chi connectivity index (χ0) is 10.5. The van der Waals surface area contributed by atoms with Crippen LogP contribution in [0.1, 0.15) is 0 Å². The van der Waals surface area contributed by atoms with Crippen LogP contribution >= 0.6 is 11.6 Å². The molecule has 0 saturated carbocycles. The monoisotopic (exact) mass is 221 g/mol. The summed E-state index contributed by atoms with van der Waals surface area (Å²) in [6.45, 7) is 0. The van der Waals surface area contributed by atoms with Crippen LogP contribution in [0.2, 0.25) is 5.02 Å². The van der Waals surface area contributed by atoms with Gasteiger partial charge in [0.25, 0.3) is 0 Å². The van der Waals surface area contributed by atoms with Crippen LogP contribution < -0.4 is 5.73 Å². The molecule has 0 amide bonds. The molecule has 14 heavy (non-hydrogen) atoms. The molecular weight excluding hydrogens is 219 g/mol. The Bertz CT molecular complexity index is 523. The molecule has 0 atom stereocenters. The number of hydrogen-bond donors (Lipinski definition) is 2. The van der Waals surface area contributed by atoms with Gasteiger partial charge in [0.1, 0.15) is 10.5 Å². The van der Waals surface area contributed by atoms with Gasteiger partial charge in [0.2, 0.25) is 0 Å². The summed E-state index contributed by atoms with van der Waals surface area (Å²) in [5, 5.41) is 4.13. The van der Waals surface area contributed by atoms with Gasteiger partial charge in [-0.2, -0.15) is 5.10 Å². The van der Waals surface area contributed by atoms with Gasteiger partial charge >= 0.3 is 0 Å². The first-order valence-corrected chi connectivity index (χ1v) is 3.87. The second-order valence-electron chi connectivity index (χ2n) is 2.61. The van der Waals surface area contributed by atoms with Gasteiger partial charge in [0.05, 0.1) is 5.39 Å². The van der Waals surface area contributed by atoms with E-state index >= 15 is 0 Å². The fourth-order valence-electron chi connectivity index (χ4n) is 1.15. The summed E-state index contributed by atoms with van der Waals surface area (Å²) in [6, 6.07) is 0. The molecule has 2 aromatic rings. The predicted octanol–water partition coefficient (Wildman–Crippen LogP) is 2.22. The number of benzene rings is 1. The first kappa shape index (κ1) is 9.14. The average Bonchev–Trinajstić information content (AvgIpc) is 2.54. The SMILES string of the molecule is Nc1n[nH]c2c(F)c(Cl)c(F)c(F)c12. The molecule has 0 aliphatic rings. The van der Waals surface area contributed by atoms with Crippen LogP contribution in [0.3, 0.4) is 0 Å². The van der Waals surface area contributed by atoms with E-state index in [1.54, 1.807) is 0 Å². The van der Waals surface area contributed by atoms with E-state index in [1.807, 2.05) is 0 Å². The number of H-pyrrole nitrogens is 1. The number of anilines is 1. The molecule has 0 spiro atoms. The highest BCUT2D eigenvalue weighted by Crippen LogP contribution is 2.31. The summed E-state index contributed by atoms with van der Waals surface area (Å²) in [5.74, 6) is -4.20. The molecule has 0 aliphatic carbocycles. The molecule has 3 nitrogen and oxygen atoms in total. The second kappa shape index (κ2) is 2.78. The van der Waals surface area contributed by atoms with Gasteiger partial charge in [-0.05, 0) is 0 Å². The van der Waals surface area contributed by atoms with Crippen LogP contribution in [-0.2, 0) is 0 Å². The van der Waals surface area contributed by atoms with Crippen LogP contribution in [0.5, 0.6) is 0 Å². The van der Waals surface area contributed by atoms with Crippen molar-refractivity contribution < 1.29 is 13.2 Å². The average molecular weight is 222 g/mol. The van der Waals surface area contributed by atoms with Crippen molar-refractivity contribution in [1.29, 1.82) is 0 Å². The molecule has 1 heterocycles. The van der Waals surface area contributed by atoms with Crippen LogP contribution in [0, 0.1) is 17.5 Å². The van der Waals surface area contributed by atoms with E-state index in [0.29, 0.717) is 0 Å². The smallest absolute Gasteiger partial charge is 0.181 e. The molecule has 1 aromatic carbocycles. The van der Waals surface area contributed by atoms with Crippen molar-refractivity contribution in [3.8, 4) is 0 Å². The first-order chi connectivity index (χ1) is 6.54. The van der Waals surface area contributed by atoms with Gasteiger partial charge in [-0.15, -0.1) is 0 Å². The van der Waals surface area contributed by atoms with Crippen molar-refractivity contribution in [2.45, 2.75) is 0 Å². The van der Waals surface area contributed by atoms with E-state index in [-0.39, 0.29) is 11.3 Å². The van der Waals surface area contributed by atoms with Crippen LogP contribution in [-0.4, -0.2) is 10.2 Å². The number of halogens is 4. The Morgan fingerprint density at radius 1 is 1.14 bits per heavy atom. The minimum absolute atomic E-state index is 0.313. The molecule has 2 rings (SSSR count). The summed E-state index contributed by atoms with van der Waals surface area (Å²) in [7, 11) is 0.